The van der Waals surface area contributed by atoms with E-state index in [9.17, 15) is 0 Å². The zero-order valence-corrected chi connectivity index (χ0v) is 9.18. The molecule has 0 saturated carbocycles. The number of aromatic nitrogens is 2. The van der Waals surface area contributed by atoms with E-state index in [0.29, 0.717) is 0 Å². The molecule has 0 amide bonds. The van der Waals surface area contributed by atoms with Gasteiger partial charge < -0.3 is 5.32 Å². The lowest BCUT2D eigenvalue weighted by molar-refractivity contribution is 0.341. The van der Waals surface area contributed by atoms with Crippen LogP contribution in [0.1, 0.15) is 12.0 Å². The minimum atomic E-state index is 0.882. The Morgan fingerprint density at radius 3 is 2.71 bits per heavy atom. The third-order valence-electron chi connectivity index (χ3n) is 2.38. The second-order valence-corrected chi connectivity index (χ2v) is 4.77. The monoisotopic (exact) mass is 209 g/mol. The van der Waals surface area contributed by atoms with E-state index in [4.69, 9.17) is 0 Å². The molecule has 0 bridgehead atoms. The summed E-state index contributed by atoms with van der Waals surface area (Å²) in [6.07, 6.45) is 5.02. The molecule has 1 fully saturated rings. The van der Waals surface area contributed by atoms with Gasteiger partial charge in [0.15, 0.2) is 5.16 Å². The minimum Gasteiger partial charge on any atom is -0.316 e. The zero-order chi connectivity index (χ0) is 9.80. The molecule has 0 atom stereocenters. The van der Waals surface area contributed by atoms with Gasteiger partial charge in [0.05, 0.1) is 0 Å². The van der Waals surface area contributed by atoms with Crippen molar-refractivity contribution in [2.45, 2.75) is 18.5 Å². The number of hydrogen-bond acceptors (Lipinski definition) is 4. The summed E-state index contributed by atoms with van der Waals surface area (Å²) < 4.78 is 0. The molecule has 0 unspecified atom stereocenters. The smallest absolute Gasteiger partial charge is 0.187 e. The molecule has 0 radical (unpaired) electrons. The van der Waals surface area contributed by atoms with Crippen LogP contribution in [0.5, 0.6) is 0 Å². The number of nitrogens with zero attached hydrogens (tertiary/aromatic N) is 2. The van der Waals surface area contributed by atoms with E-state index in [1.807, 2.05) is 19.3 Å². The van der Waals surface area contributed by atoms with Crippen molar-refractivity contribution in [2.24, 2.45) is 5.92 Å². The normalized spacial score (nSPS) is 16.6. The maximum atomic E-state index is 4.26. The van der Waals surface area contributed by atoms with E-state index in [1.165, 1.54) is 19.5 Å². The van der Waals surface area contributed by atoms with Crippen LogP contribution >= 0.6 is 11.8 Å². The number of rotatable bonds is 4. The van der Waals surface area contributed by atoms with Gasteiger partial charge in [-0.2, -0.15) is 0 Å². The fourth-order valence-corrected chi connectivity index (χ4v) is 2.21. The van der Waals surface area contributed by atoms with Crippen molar-refractivity contribution in [2.75, 3.05) is 18.8 Å². The summed E-state index contributed by atoms with van der Waals surface area (Å²) in [5.41, 5.74) is 1.12. The average Bonchev–Trinajstić information content (AvgIpc) is 2.12. The van der Waals surface area contributed by atoms with E-state index in [1.54, 1.807) is 11.8 Å². The molecule has 3 nitrogen and oxygen atoms in total. The predicted octanol–water partition coefficient (Wildman–Crippen LogP) is 1.49. The molecule has 2 heterocycles. The highest BCUT2D eigenvalue weighted by Crippen LogP contribution is 2.17. The van der Waals surface area contributed by atoms with Gasteiger partial charge in [0, 0.05) is 18.1 Å². The lowest BCUT2D eigenvalue weighted by Gasteiger charge is -2.26. The van der Waals surface area contributed by atoms with Gasteiger partial charge >= 0.3 is 0 Å². The quantitative estimate of drug-likeness (QED) is 0.602. The lowest BCUT2D eigenvalue weighted by atomic mass is 10.0. The second kappa shape index (κ2) is 4.75. The van der Waals surface area contributed by atoms with Crippen molar-refractivity contribution in [3.05, 3.63) is 18.0 Å². The van der Waals surface area contributed by atoms with Crippen molar-refractivity contribution in [1.29, 1.82) is 0 Å². The van der Waals surface area contributed by atoms with Crippen molar-refractivity contribution >= 4 is 11.8 Å². The van der Waals surface area contributed by atoms with Crippen LogP contribution in [-0.2, 0) is 0 Å². The number of thioether (sulfide) groups is 1. The third-order valence-corrected chi connectivity index (χ3v) is 3.29. The molecule has 1 aliphatic heterocycles. The van der Waals surface area contributed by atoms with Crippen LogP contribution in [-0.4, -0.2) is 28.8 Å². The summed E-state index contributed by atoms with van der Waals surface area (Å²) in [6, 6.07) is 0. The molecule has 0 spiro atoms. The van der Waals surface area contributed by atoms with Crippen LogP contribution in [0.25, 0.3) is 0 Å². The maximum Gasteiger partial charge on any atom is 0.187 e. The molecular weight excluding hydrogens is 194 g/mol. The van der Waals surface area contributed by atoms with Gasteiger partial charge in [-0.15, -0.1) is 0 Å². The number of nitrogens with one attached hydrogen (secondary N) is 1. The summed E-state index contributed by atoms with van der Waals surface area (Å²) in [6.45, 7) is 4.39. The van der Waals surface area contributed by atoms with E-state index < -0.39 is 0 Å². The largest absolute Gasteiger partial charge is 0.316 e. The highest BCUT2D eigenvalue weighted by molar-refractivity contribution is 7.99. The SMILES string of the molecule is Cc1cnc(SCCC2CNC2)nc1. The van der Waals surface area contributed by atoms with Crippen molar-refractivity contribution in [3.8, 4) is 0 Å². The van der Waals surface area contributed by atoms with Crippen molar-refractivity contribution < 1.29 is 0 Å². The standard InChI is InChI=1S/C10H15N3S/c1-8-4-12-10(13-5-8)14-3-2-9-6-11-7-9/h4-5,9,11H,2-3,6-7H2,1H3. The summed E-state index contributed by atoms with van der Waals surface area (Å²) in [7, 11) is 0. The first-order chi connectivity index (χ1) is 6.84. The van der Waals surface area contributed by atoms with Gasteiger partial charge in [-0.25, -0.2) is 9.97 Å². The summed E-state index contributed by atoms with van der Waals surface area (Å²) in [5.74, 6) is 2.02. The van der Waals surface area contributed by atoms with Gasteiger partial charge in [0.2, 0.25) is 0 Å². The molecular formula is C10H15N3S. The lowest BCUT2D eigenvalue weighted by Crippen LogP contribution is -2.42. The predicted molar refractivity (Wildman–Crippen MR) is 58.5 cm³/mol. The molecule has 76 valence electrons. The Labute approximate surface area is 88.7 Å². The average molecular weight is 209 g/mol. The molecule has 0 aromatic carbocycles. The van der Waals surface area contributed by atoms with Crippen molar-refractivity contribution in [1.82, 2.24) is 15.3 Å². The molecule has 1 saturated heterocycles. The van der Waals surface area contributed by atoms with Crippen LogP contribution in [0.4, 0.5) is 0 Å². The Morgan fingerprint density at radius 1 is 1.43 bits per heavy atom. The zero-order valence-electron chi connectivity index (χ0n) is 8.36. The Bertz CT molecular complexity index is 282. The summed E-state index contributed by atoms with van der Waals surface area (Å²) >= 11 is 1.76. The molecule has 1 N–H and O–H groups in total. The van der Waals surface area contributed by atoms with Crippen LogP contribution < -0.4 is 5.32 Å². The minimum absolute atomic E-state index is 0.882. The van der Waals surface area contributed by atoms with Crippen LogP contribution in [0, 0.1) is 12.8 Å². The topological polar surface area (TPSA) is 37.8 Å². The first kappa shape index (κ1) is 9.93. The Kier molecular flexibility index (Phi) is 3.37. The number of aryl methyl sites for hydroxylation is 1. The first-order valence-electron chi connectivity index (χ1n) is 4.97. The fourth-order valence-electron chi connectivity index (χ4n) is 1.32. The van der Waals surface area contributed by atoms with Crippen LogP contribution in [0.2, 0.25) is 0 Å². The molecule has 1 aliphatic rings. The second-order valence-electron chi connectivity index (χ2n) is 3.70. The van der Waals surface area contributed by atoms with Gasteiger partial charge in [-0.3, -0.25) is 0 Å². The van der Waals surface area contributed by atoms with Crippen molar-refractivity contribution in [3.63, 3.8) is 0 Å². The fraction of sp³-hybridized carbons (Fsp3) is 0.600. The Hall–Kier alpha value is -0.610. The first-order valence-corrected chi connectivity index (χ1v) is 5.95. The summed E-state index contributed by atoms with van der Waals surface area (Å²) in [4.78, 5) is 8.51. The van der Waals surface area contributed by atoms with Gasteiger partial charge in [-0.05, 0) is 37.9 Å². The Balaban J connectivity index is 1.71. The highest BCUT2D eigenvalue weighted by Gasteiger charge is 2.15. The van der Waals surface area contributed by atoms with E-state index in [0.717, 1.165) is 22.4 Å². The Morgan fingerprint density at radius 2 is 2.14 bits per heavy atom. The number of hydrogen-bond donors (Lipinski definition) is 1. The van der Waals surface area contributed by atoms with E-state index in [2.05, 4.69) is 15.3 Å². The summed E-state index contributed by atoms with van der Waals surface area (Å²) in [5, 5.41) is 4.18. The van der Waals surface area contributed by atoms with E-state index in [-0.39, 0.29) is 0 Å². The molecule has 14 heavy (non-hydrogen) atoms. The molecule has 0 aliphatic carbocycles. The van der Waals surface area contributed by atoms with Gasteiger partial charge in [0.1, 0.15) is 0 Å². The highest BCUT2D eigenvalue weighted by atomic mass is 32.2. The van der Waals surface area contributed by atoms with Crippen LogP contribution in [0.15, 0.2) is 17.6 Å². The molecule has 2 rings (SSSR count). The molecule has 1 aromatic rings. The van der Waals surface area contributed by atoms with Crippen LogP contribution in [0.3, 0.4) is 0 Å². The molecule has 1 aromatic heterocycles. The van der Waals surface area contributed by atoms with Gasteiger partial charge in [0.25, 0.3) is 0 Å². The van der Waals surface area contributed by atoms with Gasteiger partial charge in [-0.1, -0.05) is 11.8 Å². The maximum absolute atomic E-state index is 4.26. The third kappa shape index (κ3) is 2.69. The molecule has 4 heteroatoms. The van der Waals surface area contributed by atoms with E-state index >= 15 is 0 Å².